The molecule has 0 aliphatic heterocycles. The van der Waals surface area contributed by atoms with Crippen molar-refractivity contribution in [1.82, 2.24) is 4.98 Å². The number of fused-ring (bicyclic) bond motifs is 6. The van der Waals surface area contributed by atoms with Crippen LogP contribution in [0.2, 0.25) is 0 Å². The summed E-state index contributed by atoms with van der Waals surface area (Å²) in [7, 11) is 0. The molecule has 0 bridgehead atoms. The average molecular weight is 965 g/mol. The third-order valence-electron chi connectivity index (χ3n) is 12.6. The zero-order chi connectivity index (χ0) is 41.5. The summed E-state index contributed by atoms with van der Waals surface area (Å²) in [6.45, 7) is 34.5. The van der Waals surface area contributed by atoms with E-state index in [1.165, 1.54) is 61.0 Å². The molecule has 0 spiro atoms. The number of benzene rings is 3. The summed E-state index contributed by atoms with van der Waals surface area (Å²) in [4.78, 5) is 16.8. The van der Waals surface area contributed by atoms with Gasteiger partial charge in [-0.25, -0.2) is 0 Å². The van der Waals surface area contributed by atoms with Gasteiger partial charge in [0.2, 0.25) is 0 Å². The van der Waals surface area contributed by atoms with Crippen LogP contribution in [0.1, 0.15) is 163 Å². The number of ketones is 1. The minimum atomic E-state index is 0. The van der Waals surface area contributed by atoms with Gasteiger partial charge in [-0.3, -0.25) is 9.78 Å². The Balaban J connectivity index is 0.000000385. The molecule has 0 fully saturated rings. The minimum Gasteiger partial charge on any atom is -0.512 e. The van der Waals surface area contributed by atoms with Crippen molar-refractivity contribution in [2.75, 3.05) is 0 Å². The summed E-state index contributed by atoms with van der Waals surface area (Å²) in [6.07, 6.45) is 10.5. The van der Waals surface area contributed by atoms with E-state index < -0.39 is 0 Å². The van der Waals surface area contributed by atoms with Gasteiger partial charge in [0.1, 0.15) is 0 Å². The Morgan fingerprint density at radius 3 is 2.00 bits per heavy atom. The molecule has 311 valence electrons. The van der Waals surface area contributed by atoms with E-state index in [0.29, 0.717) is 0 Å². The Morgan fingerprint density at radius 2 is 1.44 bits per heavy atom. The maximum Gasteiger partial charge on any atom is 0.162 e. The molecule has 1 radical (unpaired) electrons. The smallest absolute Gasteiger partial charge is 0.162 e. The van der Waals surface area contributed by atoms with Crippen molar-refractivity contribution >= 4 is 48.1 Å². The Kier molecular flexibility index (Phi) is 14.6. The van der Waals surface area contributed by atoms with Gasteiger partial charge in [-0.05, 0) is 107 Å². The van der Waals surface area contributed by atoms with Gasteiger partial charge in [0.15, 0.2) is 5.78 Å². The molecule has 5 aromatic rings. The van der Waals surface area contributed by atoms with Gasteiger partial charge < -0.3 is 5.11 Å². The van der Waals surface area contributed by atoms with Gasteiger partial charge in [0, 0.05) is 64.7 Å². The molecule has 3 aromatic carbocycles. The predicted octanol–water partition coefficient (Wildman–Crippen LogP) is 15.5. The number of allylic oxidation sites excluding steroid dienone is 2. The first-order valence-electron chi connectivity index (χ1n) is 21.4. The number of pyridine rings is 1. The molecule has 1 N–H and O–H groups in total. The second-order valence-electron chi connectivity index (χ2n) is 20.1. The van der Waals surface area contributed by atoms with Gasteiger partial charge in [0.05, 0.1) is 5.76 Å². The van der Waals surface area contributed by atoms with Crippen molar-refractivity contribution in [3.05, 3.63) is 88.3 Å². The van der Waals surface area contributed by atoms with E-state index >= 15 is 0 Å². The topological polar surface area (TPSA) is 50.2 Å². The van der Waals surface area contributed by atoms with Crippen LogP contribution in [-0.2, 0) is 47.6 Å². The molecule has 57 heavy (non-hydrogen) atoms. The van der Waals surface area contributed by atoms with Crippen molar-refractivity contribution in [3.8, 4) is 11.3 Å². The normalized spacial score (nSPS) is 15.5. The summed E-state index contributed by atoms with van der Waals surface area (Å²) >= 11 is 1.98. The number of nitrogens with zero attached hydrogens (tertiary/aromatic N) is 1. The molecule has 0 amide bonds. The van der Waals surface area contributed by atoms with Crippen molar-refractivity contribution in [3.63, 3.8) is 0 Å². The molecule has 0 saturated heterocycles. The van der Waals surface area contributed by atoms with Crippen LogP contribution in [0.4, 0.5) is 0 Å². The van der Waals surface area contributed by atoms with Crippen LogP contribution in [0.15, 0.2) is 54.4 Å². The maximum absolute atomic E-state index is 11.7. The standard InChI is InChI=1S/C39H46NS.C13H24O2.Ir/c1-23-28(22-36(2,3)4)31-32(39(10,11)18-17-38(31,8)9)35-30(23)27-16-19-40-33(34(27)41-35)25-20-24-14-12-13-15-26(24)29(21-25)37(5,6)7;1-5-10(6-2)12(14)9-13(15)11(7-3)8-4;/h12-16,19,21H,17-18,22H2,1-11H3;9-11,14H,5-8H2,1-4H3;/q-1;;/b;12-9-;. The van der Waals surface area contributed by atoms with E-state index in [1.54, 1.807) is 16.7 Å². The SMILES string of the molecule is CCC(CC)C(=O)/C=C(\O)C(CC)CC.Cc1c(CC(C)(C)C)c2c(c3sc4c(-c5[c-]c6ccccc6c(C(C)(C)C)c5)nccc4c13)C(C)(C)CCC2(C)C.[Ir]. The number of carbonyl (C=O) groups is 1. The molecule has 0 saturated carbocycles. The van der Waals surface area contributed by atoms with E-state index in [4.69, 9.17) is 4.98 Å². The molecule has 0 unspecified atom stereocenters. The number of thiophene rings is 1. The summed E-state index contributed by atoms with van der Waals surface area (Å²) in [5, 5.41) is 15.0. The van der Waals surface area contributed by atoms with Gasteiger partial charge >= 0.3 is 0 Å². The van der Waals surface area contributed by atoms with Crippen LogP contribution in [0.3, 0.4) is 0 Å². The summed E-state index contributed by atoms with van der Waals surface area (Å²) in [5.74, 6) is 0.547. The molecule has 1 aliphatic rings. The number of aliphatic hydroxyl groups is 1. The number of aromatic nitrogens is 1. The van der Waals surface area contributed by atoms with Crippen LogP contribution in [0.25, 0.3) is 42.2 Å². The molecular weight excluding hydrogens is 895 g/mol. The number of carbonyl (C=O) groups excluding carboxylic acids is 1. The Hall–Kier alpha value is -2.85. The first kappa shape index (κ1) is 46.8. The largest absolute Gasteiger partial charge is 0.512 e. The Bertz CT molecular complexity index is 2250. The zero-order valence-electron chi connectivity index (χ0n) is 37.8. The third-order valence-corrected chi connectivity index (χ3v) is 13.8. The van der Waals surface area contributed by atoms with Gasteiger partial charge in [0.25, 0.3) is 0 Å². The molecule has 0 atom stereocenters. The van der Waals surface area contributed by atoms with Crippen LogP contribution in [0.5, 0.6) is 0 Å². The third kappa shape index (κ3) is 9.63. The van der Waals surface area contributed by atoms with E-state index in [0.717, 1.165) is 43.4 Å². The first-order chi connectivity index (χ1) is 26.1. The molecular formula is C52H70IrNO2S-. The number of rotatable bonds is 9. The van der Waals surface area contributed by atoms with Crippen LogP contribution in [-0.4, -0.2) is 15.9 Å². The van der Waals surface area contributed by atoms with E-state index in [-0.39, 0.29) is 65.1 Å². The summed E-state index contributed by atoms with van der Waals surface area (Å²) in [5.41, 5.74) is 10.3. The first-order valence-corrected chi connectivity index (χ1v) is 22.2. The van der Waals surface area contributed by atoms with E-state index in [2.05, 4.69) is 119 Å². The fourth-order valence-electron chi connectivity index (χ4n) is 9.14. The molecule has 2 heterocycles. The number of aryl methyl sites for hydroxylation is 1. The van der Waals surface area contributed by atoms with E-state index in [1.807, 2.05) is 45.2 Å². The second kappa shape index (κ2) is 17.8. The van der Waals surface area contributed by atoms with Gasteiger partial charge in [-0.2, -0.15) is 0 Å². The van der Waals surface area contributed by atoms with Crippen molar-refractivity contribution in [2.45, 2.75) is 165 Å². The van der Waals surface area contributed by atoms with Crippen molar-refractivity contribution in [1.29, 1.82) is 0 Å². The molecule has 6 rings (SSSR count). The average Bonchev–Trinajstić information content (AvgIpc) is 3.51. The summed E-state index contributed by atoms with van der Waals surface area (Å²) < 4.78 is 2.78. The number of hydrogen-bond donors (Lipinski definition) is 1. The number of hydrogen-bond acceptors (Lipinski definition) is 4. The predicted molar refractivity (Wildman–Crippen MR) is 245 cm³/mol. The quantitative estimate of drug-likeness (QED) is 0.0910. The summed E-state index contributed by atoms with van der Waals surface area (Å²) in [6, 6.07) is 17.1. The maximum atomic E-state index is 11.7. The Morgan fingerprint density at radius 1 is 0.860 bits per heavy atom. The van der Waals surface area contributed by atoms with Crippen LogP contribution >= 0.6 is 11.3 Å². The van der Waals surface area contributed by atoms with Crippen molar-refractivity contribution < 1.29 is 30.0 Å². The second-order valence-corrected chi connectivity index (χ2v) is 21.1. The molecule has 2 aromatic heterocycles. The minimum absolute atomic E-state index is 0. The monoisotopic (exact) mass is 965 g/mol. The molecule has 1 aliphatic carbocycles. The zero-order valence-corrected chi connectivity index (χ0v) is 41.0. The fourth-order valence-corrected chi connectivity index (χ4v) is 10.7. The number of aliphatic hydroxyl groups excluding tert-OH is 1. The molecule has 5 heteroatoms. The van der Waals surface area contributed by atoms with E-state index in [9.17, 15) is 9.90 Å². The van der Waals surface area contributed by atoms with Crippen molar-refractivity contribution in [2.24, 2.45) is 17.3 Å². The van der Waals surface area contributed by atoms with Gasteiger partial charge in [-0.1, -0.05) is 126 Å². The molecule has 3 nitrogen and oxygen atoms in total. The fraction of sp³-hybridized carbons (Fsp3) is 0.538. The van der Waals surface area contributed by atoms with Crippen LogP contribution in [0, 0.1) is 30.2 Å². The van der Waals surface area contributed by atoms with Crippen LogP contribution < -0.4 is 0 Å². The Labute approximate surface area is 362 Å². The van der Waals surface area contributed by atoms with Gasteiger partial charge in [-0.15, -0.1) is 40.5 Å².